The van der Waals surface area contributed by atoms with Crippen LogP contribution in [0.4, 0.5) is 5.82 Å². The standard InChI is InChI=1S/C21H24N4O4S2/c1-14-4-5-17-22-18(23-7-10-29-11-8-23)15(19(26)25(17)13-14)12-16-20(27)24(21(30)31-16)6-3-9-28-2/h4-5,12-13H,3,6-11H2,1-2H3/b16-12+. The second-order valence-corrected chi connectivity index (χ2v) is 9.04. The van der Waals surface area contributed by atoms with Gasteiger partial charge in [-0.15, -0.1) is 0 Å². The number of aromatic nitrogens is 2. The van der Waals surface area contributed by atoms with E-state index in [1.807, 2.05) is 24.0 Å². The van der Waals surface area contributed by atoms with E-state index < -0.39 is 0 Å². The number of methoxy groups -OCH3 is 1. The predicted molar refractivity (Wildman–Crippen MR) is 126 cm³/mol. The monoisotopic (exact) mass is 460 g/mol. The highest BCUT2D eigenvalue weighted by Crippen LogP contribution is 2.33. The van der Waals surface area contributed by atoms with E-state index in [1.165, 1.54) is 16.2 Å². The van der Waals surface area contributed by atoms with Crippen molar-refractivity contribution in [3.05, 3.63) is 44.7 Å². The molecule has 0 unspecified atom stereocenters. The Morgan fingerprint density at radius 2 is 2.06 bits per heavy atom. The fourth-order valence-corrected chi connectivity index (χ4v) is 4.87. The van der Waals surface area contributed by atoms with E-state index in [4.69, 9.17) is 26.7 Å². The molecule has 0 bridgehead atoms. The summed E-state index contributed by atoms with van der Waals surface area (Å²) in [5, 5.41) is 0. The molecule has 8 nitrogen and oxygen atoms in total. The van der Waals surface area contributed by atoms with Gasteiger partial charge in [0.1, 0.15) is 15.8 Å². The number of carbonyl (C=O) groups excluding carboxylic acids is 1. The number of aryl methyl sites for hydroxylation is 1. The summed E-state index contributed by atoms with van der Waals surface area (Å²) in [6, 6.07) is 3.76. The fraction of sp³-hybridized carbons (Fsp3) is 0.429. The molecule has 0 saturated carbocycles. The van der Waals surface area contributed by atoms with Crippen molar-refractivity contribution in [1.29, 1.82) is 0 Å². The van der Waals surface area contributed by atoms with Crippen LogP contribution in [0.2, 0.25) is 0 Å². The van der Waals surface area contributed by atoms with E-state index in [0.29, 0.717) is 72.1 Å². The highest BCUT2D eigenvalue weighted by molar-refractivity contribution is 8.26. The van der Waals surface area contributed by atoms with Gasteiger partial charge in [-0.2, -0.15) is 0 Å². The molecule has 10 heteroatoms. The van der Waals surface area contributed by atoms with Crippen LogP contribution in [-0.2, 0) is 14.3 Å². The summed E-state index contributed by atoms with van der Waals surface area (Å²) in [6.07, 6.45) is 4.10. The predicted octanol–water partition coefficient (Wildman–Crippen LogP) is 2.08. The van der Waals surface area contributed by atoms with Gasteiger partial charge in [-0.1, -0.05) is 30.0 Å². The van der Waals surface area contributed by atoms with Gasteiger partial charge in [-0.3, -0.25) is 18.9 Å². The number of hydrogen-bond donors (Lipinski definition) is 0. The molecule has 31 heavy (non-hydrogen) atoms. The van der Waals surface area contributed by atoms with E-state index in [2.05, 4.69) is 0 Å². The Morgan fingerprint density at radius 1 is 1.29 bits per heavy atom. The first-order chi connectivity index (χ1) is 15.0. The van der Waals surface area contributed by atoms with Crippen LogP contribution in [0.5, 0.6) is 0 Å². The van der Waals surface area contributed by atoms with Gasteiger partial charge < -0.3 is 14.4 Å². The highest BCUT2D eigenvalue weighted by atomic mass is 32.2. The van der Waals surface area contributed by atoms with Gasteiger partial charge in [0.05, 0.1) is 23.7 Å². The minimum absolute atomic E-state index is 0.187. The Morgan fingerprint density at radius 3 is 2.81 bits per heavy atom. The molecule has 164 valence electrons. The topological polar surface area (TPSA) is 76.4 Å². The second kappa shape index (κ2) is 9.47. The number of ether oxygens (including phenoxy) is 2. The Hall–Kier alpha value is -2.27. The molecular weight excluding hydrogens is 436 g/mol. The average Bonchev–Trinajstić information content (AvgIpc) is 3.04. The Labute approximate surface area is 189 Å². The number of pyridine rings is 1. The molecule has 2 aliphatic heterocycles. The number of thioether (sulfide) groups is 1. The average molecular weight is 461 g/mol. The van der Waals surface area contributed by atoms with Gasteiger partial charge in [-0.05, 0) is 31.1 Å². The lowest BCUT2D eigenvalue weighted by Gasteiger charge is -2.29. The van der Waals surface area contributed by atoms with Crippen molar-refractivity contribution >= 4 is 51.7 Å². The molecule has 0 radical (unpaired) electrons. The van der Waals surface area contributed by atoms with Crippen molar-refractivity contribution in [1.82, 2.24) is 14.3 Å². The summed E-state index contributed by atoms with van der Waals surface area (Å²) < 4.78 is 12.6. The summed E-state index contributed by atoms with van der Waals surface area (Å²) in [7, 11) is 1.62. The van der Waals surface area contributed by atoms with E-state index in [-0.39, 0.29) is 11.5 Å². The van der Waals surface area contributed by atoms with Gasteiger partial charge in [0.25, 0.3) is 11.5 Å². The molecule has 2 fully saturated rings. The van der Waals surface area contributed by atoms with Crippen molar-refractivity contribution in [2.45, 2.75) is 13.3 Å². The number of hydrogen-bond acceptors (Lipinski definition) is 8. The second-order valence-electron chi connectivity index (χ2n) is 7.37. The van der Waals surface area contributed by atoms with E-state index >= 15 is 0 Å². The minimum atomic E-state index is -0.208. The zero-order chi connectivity index (χ0) is 22.0. The number of morpholine rings is 1. The molecule has 0 spiro atoms. The van der Waals surface area contributed by atoms with E-state index in [0.717, 1.165) is 5.56 Å². The molecule has 4 heterocycles. The van der Waals surface area contributed by atoms with Crippen molar-refractivity contribution in [3.63, 3.8) is 0 Å². The lowest BCUT2D eigenvalue weighted by molar-refractivity contribution is -0.122. The number of fused-ring (bicyclic) bond motifs is 1. The van der Waals surface area contributed by atoms with Gasteiger partial charge >= 0.3 is 0 Å². The summed E-state index contributed by atoms with van der Waals surface area (Å²) in [5.41, 5.74) is 1.70. The molecule has 4 rings (SSSR count). The smallest absolute Gasteiger partial charge is 0.267 e. The number of nitrogens with zero attached hydrogens (tertiary/aromatic N) is 4. The largest absolute Gasteiger partial charge is 0.385 e. The number of amides is 1. The molecule has 2 aromatic heterocycles. The third-order valence-electron chi connectivity index (χ3n) is 5.18. The van der Waals surface area contributed by atoms with E-state index in [1.54, 1.807) is 24.3 Å². The van der Waals surface area contributed by atoms with Crippen molar-refractivity contribution in [3.8, 4) is 0 Å². The molecule has 0 aromatic carbocycles. The fourth-order valence-electron chi connectivity index (χ4n) is 3.58. The first-order valence-corrected chi connectivity index (χ1v) is 11.3. The van der Waals surface area contributed by atoms with Crippen molar-refractivity contribution in [2.75, 3.05) is 51.5 Å². The van der Waals surface area contributed by atoms with E-state index in [9.17, 15) is 9.59 Å². The number of carbonyl (C=O) groups is 1. The third kappa shape index (κ3) is 4.52. The summed E-state index contributed by atoms with van der Waals surface area (Å²) in [5.74, 6) is 0.384. The maximum atomic E-state index is 13.4. The van der Waals surface area contributed by atoms with Crippen LogP contribution in [-0.4, -0.2) is 71.1 Å². The third-order valence-corrected chi connectivity index (χ3v) is 6.55. The minimum Gasteiger partial charge on any atom is -0.385 e. The zero-order valence-corrected chi connectivity index (χ0v) is 19.1. The summed E-state index contributed by atoms with van der Waals surface area (Å²) in [6.45, 7) is 5.35. The van der Waals surface area contributed by atoms with Gasteiger partial charge in [0.15, 0.2) is 0 Å². The molecule has 0 N–H and O–H groups in total. The Balaban J connectivity index is 1.78. The molecule has 0 aliphatic carbocycles. The normalized spacial score (nSPS) is 18.6. The van der Waals surface area contributed by atoms with Crippen molar-refractivity contribution < 1.29 is 14.3 Å². The van der Waals surface area contributed by atoms with Crippen LogP contribution in [0.15, 0.2) is 28.0 Å². The molecule has 2 aromatic rings. The molecule has 1 amide bonds. The van der Waals surface area contributed by atoms with Crippen LogP contribution in [0.3, 0.4) is 0 Å². The van der Waals surface area contributed by atoms with Crippen LogP contribution in [0.25, 0.3) is 11.7 Å². The molecule has 2 aliphatic rings. The van der Waals surface area contributed by atoms with Crippen LogP contribution in [0.1, 0.15) is 17.5 Å². The lowest BCUT2D eigenvalue weighted by atomic mass is 10.2. The lowest BCUT2D eigenvalue weighted by Crippen LogP contribution is -2.38. The van der Waals surface area contributed by atoms with Crippen molar-refractivity contribution in [2.24, 2.45) is 0 Å². The Kier molecular flexibility index (Phi) is 6.71. The number of rotatable bonds is 6. The highest BCUT2D eigenvalue weighted by Gasteiger charge is 2.32. The molecular formula is C21H24N4O4S2. The SMILES string of the molecule is COCCCN1C(=O)/C(=C\c2c(N3CCOCC3)nc3ccc(C)cn3c2=O)SC1=S. The maximum absolute atomic E-state index is 13.4. The summed E-state index contributed by atoms with van der Waals surface area (Å²) in [4.78, 5) is 35.2. The molecule has 0 atom stereocenters. The molecule has 2 saturated heterocycles. The quantitative estimate of drug-likeness (QED) is 0.369. The first-order valence-electron chi connectivity index (χ1n) is 10.1. The maximum Gasteiger partial charge on any atom is 0.267 e. The number of anilines is 1. The first kappa shape index (κ1) is 21.9. The van der Waals surface area contributed by atoms with Gasteiger partial charge in [0.2, 0.25) is 0 Å². The van der Waals surface area contributed by atoms with Crippen LogP contribution in [0, 0.1) is 6.92 Å². The van der Waals surface area contributed by atoms with Gasteiger partial charge in [0, 0.05) is 39.5 Å². The van der Waals surface area contributed by atoms with Gasteiger partial charge in [-0.25, -0.2) is 4.98 Å². The number of thiocarbonyl (C=S) groups is 1. The Bertz CT molecular complexity index is 1110. The van der Waals surface area contributed by atoms with Crippen LogP contribution < -0.4 is 10.5 Å². The zero-order valence-electron chi connectivity index (χ0n) is 17.5. The van der Waals surface area contributed by atoms with Crippen LogP contribution >= 0.6 is 24.0 Å². The summed E-state index contributed by atoms with van der Waals surface area (Å²) >= 11 is 6.62.